The maximum atomic E-state index is 11.2. The molecule has 1 aromatic carbocycles. The summed E-state index contributed by atoms with van der Waals surface area (Å²) >= 11 is 0. The van der Waals surface area contributed by atoms with Gasteiger partial charge in [-0.2, -0.15) is 0 Å². The number of esters is 1. The normalized spacial score (nSPS) is 12.2. The Morgan fingerprint density at radius 1 is 1.40 bits per heavy atom. The Kier molecular flexibility index (Phi) is 4.31. The molecular weight excluding hydrogens is 190 g/mol. The molecular formula is C12H17NO2. The third-order valence-corrected chi connectivity index (χ3v) is 2.20. The van der Waals surface area contributed by atoms with E-state index >= 15 is 0 Å². The van der Waals surface area contributed by atoms with Gasteiger partial charge in [-0.05, 0) is 19.4 Å². The molecule has 0 saturated carbocycles. The highest BCUT2D eigenvalue weighted by molar-refractivity contribution is 5.70. The van der Waals surface area contributed by atoms with E-state index in [1.807, 2.05) is 31.2 Å². The highest BCUT2D eigenvalue weighted by Crippen LogP contribution is 2.15. The van der Waals surface area contributed by atoms with Crippen molar-refractivity contribution in [2.75, 3.05) is 6.61 Å². The highest BCUT2D eigenvalue weighted by Gasteiger charge is 2.11. The van der Waals surface area contributed by atoms with Gasteiger partial charge in [-0.3, -0.25) is 4.79 Å². The first-order valence-corrected chi connectivity index (χ1v) is 5.11. The van der Waals surface area contributed by atoms with Crippen molar-refractivity contribution in [1.82, 2.24) is 0 Å². The standard InChI is InChI=1S/C12H17NO2/c1-3-15-12(14)8-11(13)10-6-4-9(2)5-7-10/h4-7,11H,3,8,13H2,1-2H3/t11-/m0/s1. The summed E-state index contributed by atoms with van der Waals surface area (Å²) in [5, 5.41) is 0. The van der Waals surface area contributed by atoms with Crippen LogP contribution in [-0.4, -0.2) is 12.6 Å². The van der Waals surface area contributed by atoms with Crippen molar-refractivity contribution in [1.29, 1.82) is 0 Å². The summed E-state index contributed by atoms with van der Waals surface area (Å²) in [7, 11) is 0. The number of carbonyl (C=O) groups excluding carboxylic acids is 1. The Balaban J connectivity index is 2.57. The molecule has 0 aliphatic heterocycles. The van der Waals surface area contributed by atoms with E-state index < -0.39 is 0 Å². The summed E-state index contributed by atoms with van der Waals surface area (Å²) in [6, 6.07) is 7.59. The molecule has 0 aliphatic rings. The number of nitrogens with two attached hydrogens (primary N) is 1. The molecule has 82 valence electrons. The van der Waals surface area contributed by atoms with Gasteiger partial charge in [0.05, 0.1) is 13.0 Å². The van der Waals surface area contributed by atoms with Crippen LogP contribution in [0.3, 0.4) is 0 Å². The minimum Gasteiger partial charge on any atom is -0.466 e. The molecule has 0 fully saturated rings. The van der Waals surface area contributed by atoms with Crippen LogP contribution in [-0.2, 0) is 9.53 Å². The molecule has 2 N–H and O–H groups in total. The summed E-state index contributed by atoms with van der Waals surface area (Å²) in [5.41, 5.74) is 8.02. The monoisotopic (exact) mass is 207 g/mol. The Bertz CT molecular complexity index is 319. The van der Waals surface area contributed by atoms with Crippen molar-refractivity contribution in [2.24, 2.45) is 5.73 Å². The second kappa shape index (κ2) is 5.51. The third-order valence-electron chi connectivity index (χ3n) is 2.20. The van der Waals surface area contributed by atoms with Crippen LogP contribution in [0.1, 0.15) is 30.5 Å². The number of benzene rings is 1. The summed E-state index contributed by atoms with van der Waals surface area (Å²) in [6.07, 6.45) is 0.233. The minimum absolute atomic E-state index is 0.233. The van der Waals surface area contributed by atoms with Gasteiger partial charge in [-0.1, -0.05) is 29.8 Å². The number of hydrogen-bond donors (Lipinski definition) is 1. The lowest BCUT2D eigenvalue weighted by molar-refractivity contribution is -0.143. The summed E-state index contributed by atoms with van der Waals surface area (Å²) < 4.78 is 4.84. The summed E-state index contributed by atoms with van der Waals surface area (Å²) in [6.45, 7) is 4.20. The van der Waals surface area contributed by atoms with Crippen LogP contribution >= 0.6 is 0 Å². The molecule has 3 heteroatoms. The van der Waals surface area contributed by atoms with Crippen LogP contribution in [0.5, 0.6) is 0 Å². The van der Waals surface area contributed by atoms with E-state index in [9.17, 15) is 4.79 Å². The quantitative estimate of drug-likeness (QED) is 0.768. The van der Waals surface area contributed by atoms with Crippen molar-refractivity contribution in [3.8, 4) is 0 Å². The largest absolute Gasteiger partial charge is 0.466 e. The number of hydrogen-bond acceptors (Lipinski definition) is 3. The number of aryl methyl sites for hydroxylation is 1. The van der Waals surface area contributed by atoms with Crippen LogP contribution in [0.4, 0.5) is 0 Å². The summed E-state index contributed by atoms with van der Waals surface area (Å²) in [4.78, 5) is 11.2. The predicted molar refractivity (Wildman–Crippen MR) is 59.4 cm³/mol. The highest BCUT2D eigenvalue weighted by atomic mass is 16.5. The maximum Gasteiger partial charge on any atom is 0.307 e. The molecule has 0 bridgehead atoms. The fourth-order valence-electron chi connectivity index (χ4n) is 1.33. The summed E-state index contributed by atoms with van der Waals surface area (Å²) in [5.74, 6) is -0.245. The average molecular weight is 207 g/mol. The van der Waals surface area contributed by atoms with Gasteiger partial charge < -0.3 is 10.5 Å². The van der Waals surface area contributed by atoms with Gasteiger partial charge in [0.2, 0.25) is 0 Å². The molecule has 0 amide bonds. The zero-order valence-electron chi connectivity index (χ0n) is 9.19. The Morgan fingerprint density at radius 2 is 2.00 bits per heavy atom. The van der Waals surface area contributed by atoms with Crippen molar-refractivity contribution in [3.63, 3.8) is 0 Å². The molecule has 0 unspecified atom stereocenters. The van der Waals surface area contributed by atoms with Crippen molar-refractivity contribution >= 4 is 5.97 Å². The minimum atomic E-state index is -0.273. The molecule has 1 aromatic rings. The Morgan fingerprint density at radius 3 is 2.53 bits per heavy atom. The lowest BCUT2D eigenvalue weighted by atomic mass is 10.0. The van der Waals surface area contributed by atoms with Crippen LogP contribution in [0.2, 0.25) is 0 Å². The van der Waals surface area contributed by atoms with E-state index in [1.54, 1.807) is 6.92 Å². The molecule has 0 aliphatic carbocycles. The zero-order chi connectivity index (χ0) is 11.3. The van der Waals surface area contributed by atoms with Gasteiger partial charge in [0, 0.05) is 6.04 Å². The van der Waals surface area contributed by atoms with Gasteiger partial charge in [0.15, 0.2) is 0 Å². The van der Waals surface area contributed by atoms with Crippen LogP contribution in [0, 0.1) is 6.92 Å². The zero-order valence-corrected chi connectivity index (χ0v) is 9.19. The predicted octanol–water partition coefficient (Wildman–Crippen LogP) is 1.95. The van der Waals surface area contributed by atoms with Gasteiger partial charge in [0.1, 0.15) is 0 Å². The molecule has 0 spiro atoms. The first-order chi connectivity index (χ1) is 7.13. The van der Waals surface area contributed by atoms with Crippen LogP contribution in [0.25, 0.3) is 0 Å². The fourth-order valence-corrected chi connectivity index (χ4v) is 1.33. The molecule has 0 radical (unpaired) electrons. The second-order valence-electron chi connectivity index (χ2n) is 3.53. The molecule has 0 aromatic heterocycles. The maximum absolute atomic E-state index is 11.2. The van der Waals surface area contributed by atoms with E-state index in [4.69, 9.17) is 10.5 Å². The first kappa shape index (κ1) is 11.7. The van der Waals surface area contributed by atoms with Crippen molar-refractivity contribution in [3.05, 3.63) is 35.4 Å². The van der Waals surface area contributed by atoms with Crippen LogP contribution in [0.15, 0.2) is 24.3 Å². The molecule has 15 heavy (non-hydrogen) atoms. The molecule has 1 atom stereocenters. The van der Waals surface area contributed by atoms with Gasteiger partial charge in [-0.25, -0.2) is 0 Å². The average Bonchev–Trinajstić information content (AvgIpc) is 2.18. The van der Waals surface area contributed by atoms with E-state index in [1.165, 1.54) is 5.56 Å². The molecule has 1 rings (SSSR count). The topological polar surface area (TPSA) is 52.3 Å². The lowest BCUT2D eigenvalue weighted by Gasteiger charge is -2.11. The fraction of sp³-hybridized carbons (Fsp3) is 0.417. The Labute approximate surface area is 90.2 Å². The van der Waals surface area contributed by atoms with E-state index in [2.05, 4.69) is 0 Å². The van der Waals surface area contributed by atoms with E-state index in [0.717, 1.165) is 5.56 Å². The second-order valence-corrected chi connectivity index (χ2v) is 3.53. The first-order valence-electron chi connectivity index (χ1n) is 5.11. The Hall–Kier alpha value is -1.35. The molecule has 3 nitrogen and oxygen atoms in total. The number of ether oxygens (including phenoxy) is 1. The van der Waals surface area contributed by atoms with Crippen LogP contribution < -0.4 is 5.73 Å². The molecule has 0 saturated heterocycles. The SMILES string of the molecule is CCOC(=O)C[C@H](N)c1ccc(C)cc1. The van der Waals surface area contributed by atoms with Crippen molar-refractivity contribution in [2.45, 2.75) is 26.3 Å². The van der Waals surface area contributed by atoms with Gasteiger partial charge >= 0.3 is 5.97 Å². The van der Waals surface area contributed by atoms with Gasteiger partial charge in [-0.15, -0.1) is 0 Å². The van der Waals surface area contributed by atoms with E-state index in [-0.39, 0.29) is 18.4 Å². The van der Waals surface area contributed by atoms with Crippen molar-refractivity contribution < 1.29 is 9.53 Å². The number of carbonyl (C=O) groups is 1. The smallest absolute Gasteiger partial charge is 0.307 e. The van der Waals surface area contributed by atoms with Gasteiger partial charge in [0.25, 0.3) is 0 Å². The third kappa shape index (κ3) is 3.72. The molecule has 0 heterocycles. The number of rotatable bonds is 4. The van der Waals surface area contributed by atoms with E-state index in [0.29, 0.717) is 6.61 Å². The lowest BCUT2D eigenvalue weighted by Crippen LogP contribution is -2.17.